The van der Waals surface area contributed by atoms with Gasteiger partial charge in [-0.1, -0.05) is 0 Å². The molecule has 17 heavy (non-hydrogen) atoms. The van der Waals surface area contributed by atoms with Gasteiger partial charge in [-0.25, -0.2) is 4.39 Å². The second-order valence-corrected chi connectivity index (χ2v) is 4.25. The molecule has 2 rings (SSSR count). The first-order chi connectivity index (χ1) is 7.84. The number of likely N-dealkylation sites (tertiary alicyclic amines) is 1. The number of nitrogens with two attached hydrogens (primary N) is 1. The quantitative estimate of drug-likeness (QED) is 0.643. The molecule has 2 nitrogen and oxygen atoms in total. The van der Waals surface area contributed by atoms with Gasteiger partial charge in [0.15, 0.2) is 0 Å². The van der Waals surface area contributed by atoms with Gasteiger partial charge in [0, 0.05) is 25.3 Å². The summed E-state index contributed by atoms with van der Waals surface area (Å²) in [5.41, 5.74) is 5.20. The Morgan fingerprint density at radius 2 is 1.88 bits per heavy atom. The third-order valence-corrected chi connectivity index (χ3v) is 2.66. The van der Waals surface area contributed by atoms with E-state index in [1.54, 1.807) is 4.90 Å². The summed E-state index contributed by atoms with van der Waals surface area (Å²) in [6.45, 7) is 0.848. The Labute approximate surface area is 96.0 Å². The number of rotatable bonds is 2. The molecule has 0 atom stereocenters. The molecule has 0 saturated carbocycles. The number of halogens is 4. The molecule has 0 bridgehead atoms. The summed E-state index contributed by atoms with van der Waals surface area (Å²) in [4.78, 5) is 1.74. The van der Waals surface area contributed by atoms with E-state index in [0.29, 0.717) is 12.1 Å². The van der Waals surface area contributed by atoms with Crippen molar-refractivity contribution in [3.63, 3.8) is 0 Å². The highest BCUT2D eigenvalue weighted by molar-refractivity contribution is 5.45. The molecule has 1 fully saturated rings. The first kappa shape index (κ1) is 12.2. The second kappa shape index (κ2) is 4.18. The lowest BCUT2D eigenvalue weighted by Gasteiger charge is -2.34. The van der Waals surface area contributed by atoms with Gasteiger partial charge in [0.2, 0.25) is 0 Å². The van der Waals surface area contributed by atoms with Gasteiger partial charge < -0.3 is 5.73 Å². The Kier molecular flexibility index (Phi) is 2.99. The summed E-state index contributed by atoms with van der Waals surface area (Å²) in [6.07, 6.45) is -5.26. The minimum atomic E-state index is -4.40. The van der Waals surface area contributed by atoms with Crippen LogP contribution in [-0.4, -0.2) is 24.2 Å². The largest absolute Gasteiger partial charge is 0.416 e. The van der Waals surface area contributed by atoms with Crippen LogP contribution in [0.5, 0.6) is 0 Å². The van der Waals surface area contributed by atoms with E-state index in [0.717, 1.165) is 12.1 Å². The fourth-order valence-corrected chi connectivity index (χ4v) is 1.87. The Morgan fingerprint density at radius 3 is 2.41 bits per heavy atom. The van der Waals surface area contributed by atoms with Crippen LogP contribution in [0.1, 0.15) is 11.1 Å². The normalized spacial score (nSPS) is 18.1. The predicted molar refractivity (Wildman–Crippen MR) is 56.0 cm³/mol. The van der Waals surface area contributed by atoms with E-state index in [2.05, 4.69) is 0 Å². The molecule has 1 aromatic carbocycles. The summed E-state index contributed by atoms with van der Waals surface area (Å²) >= 11 is 0. The van der Waals surface area contributed by atoms with Crippen molar-refractivity contribution in [1.82, 2.24) is 4.90 Å². The molecular formula is C11H12F4N2. The zero-order valence-electron chi connectivity index (χ0n) is 8.97. The molecule has 94 valence electrons. The van der Waals surface area contributed by atoms with Crippen molar-refractivity contribution in [1.29, 1.82) is 0 Å². The highest BCUT2D eigenvalue weighted by atomic mass is 19.4. The average Bonchev–Trinajstić information content (AvgIpc) is 2.13. The molecular weight excluding hydrogens is 236 g/mol. The summed E-state index contributed by atoms with van der Waals surface area (Å²) in [7, 11) is 0. The standard InChI is InChI=1S/C11H12F4N2/c12-9-5-17(6-9)4-7-1-8(11(13,14)15)3-10(16)2-7/h1-3,9H,4-6,16H2. The molecule has 0 radical (unpaired) electrons. The third-order valence-electron chi connectivity index (χ3n) is 2.66. The number of benzene rings is 1. The predicted octanol–water partition coefficient (Wildman–Crippen LogP) is 2.44. The van der Waals surface area contributed by atoms with Crippen LogP contribution < -0.4 is 5.73 Å². The Balaban J connectivity index is 2.14. The summed E-state index contributed by atoms with van der Waals surface area (Å²) < 4.78 is 50.1. The topological polar surface area (TPSA) is 29.3 Å². The first-order valence-corrected chi connectivity index (χ1v) is 5.17. The Hall–Kier alpha value is -1.30. The van der Waals surface area contributed by atoms with Crippen molar-refractivity contribution in [3.05, 3.63) is 29.3 Å². The van der Waals surface area contributed by atoms with Gasteiger partial charge in [-0.05, 0) is 23.8 Å². The molecule has 1 aliphatic heterocycles. The maximum atomic E-state index is 12.6. The van der Waals surface area contributed by atoms with E-state index in [4.69, 9.17) is 5.73 Å². The number of anilines is 1. The van der Waals surface area contributed by atoms with Crippen molar-refractivity contribution in [2.75, 3.05) is 18.8 Å². The van der Waals surface area contributed by atoms with Gasteiger partial charge in [-0.3, -0.25) is 4.90 Å². The van der Waals surface area contributed by atoms with Crippen molar-refractivity contribution in [2.45, 2.75) is 18.9 Å². The lowest BCUT2D eigenvalue weighted by molar-refractivity contribution is -0.137. The highest BCUT2D eigenvalue weighted by Gasteiger charge is 2.32. The van der Waals surface area contributed by atoms with Crippen LogP contribution in [0.25, 0.3) is 0 Å². The molecule has 1 saturated heterocycles. The first-order valence-electron chi connectivity index (χ1n) is 5.17. The van der Waals surface area contributed by atoms with Gasteiger partial charge in [0.05, 0.1) is 5.56 Å². The van der Waals surface area contributed by atoms with Crippen LogP contribution >= 0.6 is 0 Å². The summed E-state index contributed by atoms with van der Waals surface area (Å²) in [5.74, 6) is 0. The lowest BCUT2D eigenvalue weighted by Crippen LogP contribution is -2.47. The summed E-state index contributed by atoms with van der Waals surface area (Å²) in [5, 5.41) is 0. The van der Waals surface area contributed by atoms with Crippen molar-refractivity contribution >= 4 is 5.69 Å². The van der Waals surface area contributed by atoms with E-state index in [1.807, 2.05) is 0 Å². The SMILES string of the molecule is Nc1cc(CN2CC(F)C2)cc(C(F)(F)F)c1. The molecule has 6 heteroatoms. The molecule has 0 unspecified atom stereocenters. The van der Waals surface area contributed by atoms with Crippen LogP contribution in [-0.2, 0) is 12.7 Å². The zero-order valence-corrected chi connectivity index (χ0v) is 8.97. The fourth-order valence-electron chi connectivity index (χ4n) is 1.87. The number of nitrogens with zero attached hydrogens (tertiary/aromatic N) is 1. The minimum absolute atomic E-state index is 0.0761. The number of alkyl halides is 4. The molecule has 0 aliphatic carbocycles. The van der Waals surface area contributed by atoms with Crippen molar-refractivity contribution < 1.29 is 17.6 Å². The lowest BCUT2D eigenvalue weighted by atomic mass is 10.1. The van der Waals surface area contributed by atoms with Gasteiger partial charge in [-0.2, -0.15) is 13.2 Å². The highest BCUT2D eigenvalue weighted by Crippen LogP contribution is 2.31. The molecule has 0 spiro atoms. The molecule has 1 aromatic rings. The fraction of sp³-hybridized carbons (Fsp3) is 0.455. The molecule has 0 amide bonds. The third kappa shape index (κ3) is 2.88. The molecule has 1 aliphatic rings. The molecule has 2 N–H and O–H groups in total. The van der Waals surface area contributed by atoms with Crippen molar-refractivity contribution in [2.24, 2.45) is 0 Å². The Morgan fingerprint density at radius 1 is 1.24 bits per heavy atom. The van der Waals surface area contributed by atoms with Crippen LogP contribution in [0.2, 0.25) is 0 Å². The summed E-state index contributed by atoms with van der Waals surface area (Å²) in [6, 6.07) is 3.44. The van der Waals surface area contributed by atoms with E-state index in [9.17, 15) is 17.6 Å². The van der Waals surface area contributed by atoms with E-state index in [1.165, 1.54) is 6.07 Å². The molecule has 1 heterocycles. The van der Waals surface area contributed by atoms with E-state index in [-0.39, 0.29) is 18.8 Å². The van der Waals surface area contributed by atoms with Crippen molar-refractivity contribution in [3.8, 4) is 0 Å². The maximum absolute atomic E-state index is 12.6. The molecule has 0 aromatic heterocycles. The van der Waals surface area contributed by atoms with Gasteiger partial charge in [0.1, 0.15) is 6.17 Å². The number of hydrogen-bond acceptors (Lipinski definition) is 2. The van der Waals surface area contributed by atoms with Gasteiger partial charge in [0.25, 0.3) is 0 Å². The van der Waals surface area contributed by atoms with Crippen LogP contribution in [0.4, 0.5) is 23.2 Å². The van der Waals surface area contributed by atoms with Crippen LogP contribution in [0, 0.1) is 0 Å². The van der Waals surface area contributed by atoms with Crippen LogP contribution in [0.15, 0.2) is 18.2 Å². The minimum Gasteiger partial charge on any atom is -0.399 e. The van der Waals surface area contributed by atoms with Gasteiger partial charge in [-0.15, -0.1) is 0 Å². The maximum Gasteiger partial charge on any atom is 0.416 e. The van der Waals surface area contributed by atoms with Crippen LogP contribution in [0.3, 0.4) is 0 Å². The zero-order chi connectivity index (χ0) is 12.6. The second-order valence-electron chi connectivity index (χ2n) is 4.25. The van der Waals surface area contributed by atoms with E-state index < -0.39 is 17.9 Å². The smallest absolute Gasteiger partial charge is 0.399 e. The number of hydrogen-bond donors (Lipinski definition) is 1. The van der Waals surface area contributed by atoms with E-state index >= 15 is 0 Å². The Bertz CT molecular complexity index is 410. The average molecular weight is 248 g/mol. The number of nitrogen functional groups attached to an aromatic ring is 1. The monoisotopic (exact) mass is 248 g/mol. The van der Waals surface area contributed by atoms with Gasteiger partial charge >= 0.3 is 6.18 Å².